The fourth-order valence-corrected chi connectivity index (χ4v) is 6.73. The maximum atomic E-state index is 13.8. The summed E-state index contributed by atoms with van der Waals surface area (Å²) < 4.78 is 55.9. The van der Waals surface area contributed by atoms with Gasteiger partial charge in [-0.05, 0) is 59.7 Å². The van der Waals surface area contributed by atoms with E-state index in [0.717, 1.165) is 30.3 Å². The molecule has 16 nitrogen and oxygen atoms in total. The lowest BCUT2D eigenvalue weighted by Gasteiger charge is -2.38. The Balaban J connectivity index is 0.000000586. The van der Waals surface area contributed by atoms with E-state index < -0.39 is 77.1 Å². The van der Waals surface area contributed by atoms with Gasteiger partial charge in [0, 0.05) is 25.0 Å². The number of ether oxygens (including phenoxy) is 4. The first kappa shape index (κ1) is 52.4. The minimum Gasteiger partial charge on any atom is -0.488 e. The molecular weight excluding hydrogens is 795 g/mol. The second-order valence-corrected chi connectivity index (χ2v) is 22.4. The maximum absolute atomic E-state index is 13.8. The van der Waals surface area contributed by atoms with Crippen molar-refractivity contribution in [3.8, 4) is 11.5 Å². The van der Waals surface area contributed by atoms with Crippen LogP contribution in [0, 0.1) is 31.9 Å². The zero-order chi connectivity index (χ0) is 43.3. The van der Waals surface area contributed by atoms with Crippen molar-refractivity contribution < 1.29 is 56.7 Å². The third kappa shape index (κ3) is 15.8. The van der Waals surface area contributed by atoms with E-state index >= 15 is 0 Å². The zero-order valence-corrected chi connectivity index (χ0v) is 35.5. The number of carbonyl (C=O) groups excluding carboxylic acids is 2. The Hall–Kier alpha value is -4.62. The molecule has 0 unspecified atom stereocenters. The molecule has 2 aliphatic rings. The molecule has 4 rings (SSSR count). The SMILES string of the molecule is C.C.CC(C)(C)OC(=O)N1C[C@H](Oc2cc(F)cc([N+](=O)[O-])c2)C[C@H]1CO.CC(C)(C)OC(=O)N1C[C@H](Oc2cc(F)cc([N+](=O)[O-])c2)C[C@H]1CO[Si](C)(C)C(C)(C)C. The van der Waals surface area contributed by atoms with Crippen LogP contribution in [0.25, 0.3) is 0 Å². The van der Waals surface area contributed by atoms with E-state index in [9.17, 15) is 43.7 Å². The molecule has 0 saturated carbocycles. The highest BCUT2D eigenvalue weighted by atomic mass is 28.4. The van der Waals surface area contributed by atoms with Crippen molar-refractivity contribution in [1.82, 2.24) is 9.80 Å². The standard InChI is InChI=1S/C22H35FN2O6Si.C16H21FN2O6.2CH4/c1-21(2,3)31-20(26)24-13-19(12-17(24)14-29-32(7,8)22(4,5)6)30-18-10-15(23)9-16(11-18)25(27)28;1-16(2,3)25-15(21)18-8-14(7-12(18)9-20)24-13-5-10(17)4-11(6-13)19(22)23;;/h9-11,17,19H,12-14H2,1-8H3;4-6,12,14,20H,7-9H2,1-3H3;2*1H4/t17-,19+;12-,14+;;/m00../s1. The van der Waals surface area contributed by atoms with E-state index in [1.807, 2.05) is 0 Å². The third-order valence-corrected chi connectivity index (χ3v) is 13.9. The van der Waals surface area contributed by atoms with Gasteiger partial charge in [0.15, 0.2) is 8.32 Å². The van der Waals surface area contributed by atoms with Gasteiger partial charge >= 0.3 is 12.2 Å². The number of nitrogens with zero attached hydrogens (tertiary/aromatic N) is 4. The maximum Gasteiger partial charge on any atom is 0.410 e. The predicted molar refractivity (Wildman–Crippen MR) is 221 cm³/mol. The highest BCUT2D eigenvalue weighted by Gasteiger charge is 2.43. The van der Waals surface area contributed by atoms with Gasteiger partial charge in [0.2, 0.25) is 0 Å². The number of aliphatic hydroxyl groups excluding tert-OH is 1. The fraction of sp³-hybridized carbons (Fsp3) is 0.650. The summed E-state index contributed by atoms with van der Waals surface area (Å²) in [5.41, 5.74) is -2.15. The molecule has 2 aliphatic heterocycles. The Morgan fingerprint density at radius 2 is 1.10 bits per heavy atom. The molecule has 0 aliphatic carbocycles. The lowest BCUT2D eigenvalue weighted by atomic mass is 10.2. The Bertz CT molecular complexity index is 1760. The van der Waals surface area contributed by atoms with Crippen LogP contribution in [0.5, 0.6) is 11.5 Å². The second-order valence-electron chi connectivity index (χ2n) is 17.6. The molecule has 2 aromatic rings. The number of hydrogen-bond donors (Lipinski definition) is 1. The molecule has 59 heavy (non-hydrogen) atoms. The molecule has 0 bridgehead atoms. The number of hydrogen-bond acceptors (Lipinski definition) is 12. The normalized spacial score (nSPS) is 19.4. The average Bonchev–Trinajstić information content (AvgIpc) is 3.65. The van der Waals surface area contributed by atoms with Crippen molar-refractivity contribution >= 4 is 31.9 Å². The molecule has 1 N–H and O–H groups in total. The van der Waals surface area contributed by atoms with E-state index in [1.165, 1.54) is 11.0 Å². The fourth-order valence-electron chi connectivity index (χ4n) is 5.69. The van der Waals surface area contributed by atoms with Crippen LogP contribution in [0.2, 0.25) is 18.1 Å². The number of likely N-dealkylation sites (tertiary alicyclic amines) is 2. The number of benzene rings is 2. The van der Waals surface area contributed by atoms with Crippen molar-refractivity contribution in [1.29, 1.82) is 0 Å². The molecule has 4 atom stereocenters. The monoisotopic (exact) mass is 858 g/mol. The first-order valence-corrected chi connectivity index (χ1v) is 21.5. The molecule has 334 valence electrons. The van der Waals surface area contributed by atoms with E-state index in [1.54, 1.807) is 46.4 Å². The van der Waals surface area contributed by atoms with Gasteiger partial charge in [0.1, 0.15) is 46.5 Å². The van der Waals surface area contributed by atoms with Crippen LogP contribution in [-0.2, 0) is 13.9 Å². The number of amides is 2. The largest absolute Gasteiger partial charge is 0.488 e. The lowest BCUT2D eigenvalue weighted by Crippen LogP contribution is -2.46. The summed E-state index contributed by atoms with van der Waals surface area (Å²) in [7, 11) is -2.05. The van der Waals surface area contributed by atoms with E-state index in [0.29, 0.717) is 19.4 Å². The summed E-state index contributed by atoms with van der Waals surface area (Å²) in [6, 6.07) is 5.29. The molecular formula is C40H64F2N4O12Si. The van der Waals surface area contributed by atoms with Crippen LogP contribution in [0.1, 0.15) is 90.0 Å². The quantitative estimate of drug-likeness (QED) is 0.135. The first-order valence-electron chi connectivity index (χ1n) is 18.5. The first-order chi connectivity index (χ1) is 26.1. The van der Waals surface area contributed by atoms with Crippen LogP contribution < -0.4 is 9.47 Å². The van der Waals surface area contributed by atoms with Crippen molar-refractivity contribution in [2.45, 2.75) is 144 Å². The van der Waals surface area contributed by atoms with Crippen molar-refractivity contribution in [3.63, 3.8) is 0 Å². The van der Waals surface area contributed by atoms with Crippen molar-refractivity contribution in [2.24, 2.45) is 0 Å². The van der Waals surface area contributed by atoms with Crippen LogP contribution in [-0.4, -0.2) is 107 Å². The number of halogens is 2. The van der Waals surface area contributed by atoms with Gasteiger partial charge in [-0.25, -0.2) is 18.4 Å². The summed E-state index contributed by atoms with van der Waals surface area (Å²) in [5.74, 6) is -1.49. The molecule has 2 fully saturated rings. The van der Waals surface area contributed by atoms with Gasteiger partial charge in [-0.15, -0.1) is 0 Å². The Labute approximate surface area is 347 Å². The smallest absolute Gasteiger partial charge is 0.410 e. The van der Waals surface area contributed by atoms with Crippen LogP contribution in [0.3, 0.4) is 0 Å². The predicted octanol–water partition coefficient (Wildman–Crippen LogP) is 9.27. The number of carbonyl (C=O) groups is 2. The number of rotatable bonds is 10. The lowest BCUT2D eigenvalue weighted by molar-refractivity contribution is -0.385. The summed E-state index contributed by atoms with van der Waals surface area (Å²) in [4.78, 5) is 48.4. The average molecular weight is 859 g/mol. The van der Waals surface area contributed by atoms with E-state index in [4.69, 9.17) is 23.4 Å². The minimum atomic E-state index is -2.05. The van der Waals surface area contributed by atoms with E-state index in [-0.39, 0.29) is 62.8 Å². The van der Waals surface area contributed by atoms with Crippen molar-refractivity contribution in [3.05, 3.63) is 68.3 Å². The molecule has 0 aromatic heterocycles. The number of nitro groups is 2. The topological polar surface area (TPSA) is 193 Å². The van der Waals surface area contributed by atoms with Crippen LogP contribution in [0.4, 0.5) is 29.7 Å². The Morgan fingerprint density at radius 1 is 0.729 bits per heavy atom. The molecule has 19 heteroatoms. The third-order valence-electron chi connectivity index (χ3n) is 9.40. The molecule has 2 saturated heterocycles. The van der Waals surface area contributed by atoms with Crippen molar-refractivity contribution in [2.75, 3.05) is 26.3 Å². The van der Waals surface area contributed by atoms with Gasteiger partial charge in [-0.3, -0.25) is 30.0 Å². The summed E-state index contributed by atoms with van der Waals surface area (Å²) in [5, 5.41) is 31.3. The van der Waals surface area contributed by atoms with Gasteiger partial charge in [-0.1, -0.05) is 35.6 Å². The van der Waals surface area contributed by atoms with Gasteiger partial charge in [-0.2, -0.15) is 0 Å². The van der Waals surface area contributed by atoms with Crippen LogP contribution in [0.15, 0.2) is 36.4 Å². The Morgan fingerprint density at radius 3 is 1.44 bits per heavy atom. The van der Waals surface area contributed by atoms with Gasteiger partial charge in [0.25, 0.3) is 11.4 Å². The van der Waals surface area contributed by atoms with Gasteiger partial charge < -0.3 is 28.5 Å². The molecule has 2 amide bonds. The summed E-state index contributed by atoms with van der Waals surface area (Å²) in [6.07, 6.45) is -1.32. The molecule has 2 heterocycles. The zero-order valence-electron chi connectivity index (χ0n) is 34.5. The number of aliphatic hydroxyl groups is 1. The highest BCUT2D eigenvalue weighted by molar-refractivity contribution is 6.74. The molecule has 0 radical (unpaired) electrons. The Kier molecular flexibility index (Phi) is 18.3. The molecule has 2 aromatic carbocycles. The van der Waals surface area contributed by atoms with Gasteiger partial charge in [0.05, 0.1) is 72.5 Å². The van der Waals surface area contributed by atoms with Crippen LogP contribution >= 0.6 is 0 Å². The number of nitro benzene ring substituents is 2. The summed E-state index contributed by atoms with van der Waals surface area (Å²) in [6.45, 7) is 21.7. The second kappa shape index (κ2) is 20.6. The highest BCUT2D eigenvalue weighted by Crippen LogP contribution is 2.38. The summed E-state index contributed by atoms with van der Waals surface area (Å²) >= 11 is 0. The minimum absolute atomic E-state index is 0. The molecule has 0 spiro atoms. The van der Waals surface area contributed by atoms with E-state index in [2.05, 4.69) is 33.9 Å². The number of non-ortho nitro benzene ring substituents is 2.